The van der Waals surface area contributed by atoms with Crippen molar-refractivity contribution in [2.24, 2.45) is 5.41 Å². The lowest BCUT2D eigenvalue weighted by atomic mass is 9.76. The van der Waals surface area contributed by atoms with E-state index in [0.29, 0.717) is 13.0 Å². The minimum Gasteiger partial charge on any atom is -0.466 e. The minimum atomic E-state index is -0.256. The Morgan fingerprint density at radius 2 is 1.68 bits per heavy atom. The first-order chi connectivity index (χ1) is 10.4. The van der Waals surface area contributed by atoms with E-state index in [2.05, 4.69) is 20.8 Å². The molecule has 0 spiro atoms. The van der Waals surface area contributed by atoms with E-state index in [0.717, 1.165) is 6.42 Å². The van der Waals surface area contributed by atoms with Gasteiger partial charge in [-0.15, -0.1) is 0 Å². The van der Waals surface area contributed by atoms with Gasteiger partial charge in [0.2, 0.25) is 0 Å². The van der Waals surface area contributed by atoms with Crippen molar-refractivity contribution in [2.75, 3.05) is 6.61 Å². The van der Waals surface area contributed by atoms with Crippen molar-refractivity contribution in [3.05, 3.63) is 0 Å². The van der Waals surface area contributed by atoms with Crippen LogP contribution in [0, 0.1) is 5.41 Å². The Balaban J connectivity index is 2.55. The van der Waals surface area contributed by atoms with E-state index in [4.69, 9.17) is 14.2 Å². The predicted molar refractivity (Wildman–Crippen MR) is 87.6 cm³/mol. The molecule has 1 aliphatic rings. The Labute approximate surface area is 135 Å². The van der Waals surface area contributed by atoms with Crippen LogP contribution in [0.15, 0.2) is 0 Å². The monoisotopic (exact) mass is 314 g/mol. The van der Waals surface area contributed by atoms with Gasteiger partial charge in [0.25, 0.3) is 0 Å². The number of hydrogen-bond donors (Lipinski definition) is 0. The molecule has 1 saturated heterocycles. The number of hydrogen-bond acceptors (Lipinski definition) is 4. The predicted octanol–water partition coefficient (Wildman–Crippen LogP) is 4.46. The summed E-state index contributed by atoms with van der Waals surface area (Å²) in [5.41, 5.74) is -0.177. The van der Waals surface area contributed by atoms with Crippen LogP contribution in [-0.2, 0) is 19.0 Å². The van der Waals surface area contributed by atoms with Crippen LogP contribution < -0.4 is 0 Å². The first kappa shape index (κ1) is 19.4. The molecule has 1 fully saturated rings. The average molecular weight is 314 g/mol. The molecule has 0 N–H and O–H groups in total. The Hall–Kier alpha value is -0.610. The van der Waals surface area contributed by atoms with Gasteiger partial charge in [0.15, 0.2) is 6.29 Å². The third-order valence-corrected chi connectivity index (χ3v) is 4.60. The van der Waals surface area contributed by atoms with Crippen LogP contribution in [0.2, 0.25) is 0 Å². The van der Waals surface area contributed by atoms with Gasteiger partial charge in [-0.2, -0.15) is 0 Å². The fourth-order valence-corrected chi connectivity index (χ4v) is 3.11. The topological polar surface area (TPSA) is 44.8 Å². The van der Waals surface area contributed by atoms with E-state index in [1.807, 2.05) is 13.8 Å². The van der Waals surface area contributed by atoms with E-state index in [1.54, 1.807) is 0 Å². The second-order valence-electron chi connectivity index (χ2n) is 6.85. The first-order valence-electron chi connectivity index (χ1n) is 8.88. The Morgan fingerprint density at radius 1 is 1.05 bits per heavy atom. The minimum absolute atomic E-state index is 0.136. The van der Waals surface area contributed by atoms with E-state index < -0.39 is 0 Å². The summed E-state index contributed by atoms with van der Waals surface area (Å²) in [6.07, 6.45) is 7.36. The second-order valence-corrected chi connectivity index (χ2v) is 6.85. The first-order valence-corrected chi connectivity index (χ1v) is 8.88. The lowest BCUT2D eigenvalue weighted by molar-refractivity contribution is -0.288. The van der Waals surface area contributed by atoms with Crippen LogP contribution in [0.4, 0.5) is 0 Å². The maximum atomic E-state index is 11.8. The highest BCUT2D eigenvalue weighted by Crippen LogP contribution is 2.40. The molecule has 22 heavy (non-hydrogen) atoms. The fourth-order valence-electron chi connectivity index (χ4n) is 3.11. The summed E-state index contributed by atoms with van der Waals surface area (Å²) in [6.45, 7) is 10.7. The Kier molecular flexibility index (Phi) is 8.40. The molecule has 0 saturated carbocycles. The molecule has 4 nitrogen and oxygen atoms in total. The maximum absolute atomic E-state index is 11.8. The molecule has 130 valence electrons. The van der Waals surface area contributed by atoms with Gasteiger partial charge in [-0.3, -0.25) is 4.79 Å². The Bertz CT molecular complexity index is 327. The summed E-state index contributed by atoms with van der Waals surface area (Å²) in [7, 11) is 0. The van der Waals surface area contributed by atoms with Crippen LogP contribution in [0.5, 0.6) is 0 Å². The molecular formula is C18H34O4. The van der Waals surface area contributed by atoms with Gasteiger partial charge in [-0.25, -0.2) is 0 Å². The lowest BCUT2D eigenvalue weighted by Crippen LogP contribution is -2.52. The zero-order chi connectivity index (χ0) is 16.6. The molecule has 1 rings (SSSR count). The Morgan fingerprint density at radius 3 is 2.32 bits per heavy atom. The highest BCUT2D eigenvalue weighted by atomic mass is 16.7. The highest BCUT2D eigenvalue weighted by Gasteiger charge is 2.45. The van der Waals surface area contributed by atoms with Gasteiger partial charge in [-0.05, 0) is 20.3 Å². The lowest BCUT2D eigenvalue weighted by Gasteiger charge is -2.47. The summed E-state index contributed by atoms with van der Waals surface area (Å²) in [5.74, 6) is -0.184. The number of carbonyl (C=O) groups is 1. The van der Waals surface area contributed by atoms with Gasteiger partial charge in [0.05, 0.1) is 25.2 Å². The summed E-state index contributed by atoms with van der Waals surface area (Å²) >= 11 is 0. The summed E-state index contributed by atoms with van der Waals surface area (Å²) in [4.78, 5) is 11.8. The molecule has 0 amide bonds. The van der Waals surface area contributed by atoms with Crippen molar-refractivity contribution in [3.8, 4) is 0 Å². The summed E-state index contributed by atoms with van der Waals surface area (Å²) in [6, 6.07) is 0. The normalized spacial score (nSPS) is 27.6. The van der Waals surface area contributed by atoms with E-state index in [-0.39, 0.29) is 29.9 Å². The van der Waals surface area contributed by atoms with E-state index in [1.165, 1.54) is 32.1 Å². The van der Waals surface area contributed by atoms with Crippen LogP contribution in [0.25, 0.3) is 0 Å². The summed E-state index contributed by atoms with van der Waals surface area (Å²) in [5, 5.41) is 0. The van der Waals surface area contributed by atoms with Crippen LogP contribution in [0.3, 0.4) is 0 Å². The molecule has 1 aliphatic heterocycles. The second kappa shape index (κ2) is 9.51. The van der Waals surface area contributed by atoms with Crippen molar-refractivity contribution < 1.29 is 19.0 Å². The number of carbonyl (C=O) groups excluding carboxylic acids is 1. The number of rotatable bonds is 9. The van der Waals surface area contributed by atoms with Gasteiger partial charge in [0, 0.05) is 5.41 Å². The maximum Gasteiger partial charge on any atom is 0.308 e. The number of esters is 1. The third-order valence-electron chi connectivity index (χ3n) is 4.60. The van der Waals surface area contributed by atoms with E-state index in [9.17, 15) is 4.79 Å². The third kappa shape index (κ3) is 5.88. The van der Waals surface area contributed by atoms with Crippen LogP contribution in [-0.4, -0.2) is 31.1 Å². The zero-order valence-electron chi connectivity index (χ0n) is 15.0. The molecule has 4 heteroatoms. The van der Waals surface area contributed by atoms with Crippen molar-refractivity contribution in [3.63, 3.8) is 0 Å². The molecule has 1 heterocycles. The van der Waals surface area contributed by atoms with Gasteiger partial charge >= 0.3 is 5.97 Å². The summed E-state index contributed by atoms with van der Waals surface area (Å²) < 4.78 is 17.0. The van der Waals surface area contributed by atoms with Gasteiger partial charge in [0.1, 0.15) is 0 Å². The fraction of sp³-hybridized carbons (Fsp3) is 0.944. The molecule has 0 unspecified atom stereocenters. The van der Waals surface area contributed by atoms with Crippen LogP contribution in [0.1, 0.15) is 79.6 Å². The highest BCUT2D eigenvalue weighted by molar-refractivity contribution is 5.70. The number of unbranched alkanes of at least 4 members (excludes halogenated alkanes) is 4. The molecule has 0 aromatic carbocycles. The van der Waals surface area contributed by atoms with Crippen molar-refractivity contribution in [1.29, 1.82) is 0 Å². The quantitative estimate of drug-likeness (QED) is 0.466. The molecule has 0 aromatic heterocycles. The molecule has 3 atom stereocenters. The molecule has 0 aliphatic carbocycles. The SMILES string of the molecule is CCCCCCC[C@H]1O[C@@H](C)O[C@@H](CC(=O)OCC)C1(C)C. The van der Waals surface area contributed by atoms with Crippen molar-refractivity contribution >= 4 is 5.97 Å². The largest absolute Gasteiger partial charge is 0.466 e. The molecule has 0 radical (unpaired) electrons. The zero-order valence-corrected chi connectivity index (χ0v) is 15.0. The number of ether oxygens (including phenoxy) is 3. The molecular weight excluding hydrogens is 280 g/mol. The average Bonchev–Trinajstić information content (AvgIpc) is 2.44. The van der Waals surface area contributed by atoms with E-state index >= 15 is 0 Å². The molecule has 0 aromatic rings. The van der Waals surface area contributed by atoms with Gasteiger partial charge in [-0.1, -0.05) is 52.9 Å². The smallest absolute Gasteiger partial charge is 0.308 e. The van der Waals surface area contributed by atoms with Crippen LogP contribution >= 0.6 is 0 Å². The van der Waals surface area contributed by atoms with Crippen molar-refractivity contribution in [2.45, 2.75) is 98.1 Å². The standard InChI is InChI=1S/C18H34O4/c1-6-8-9-10-11-12-15-18(4,5)16(22-14(3)21-15)13-17(19)20-7-2/h14-16H,6-13H2,1-5H3/t14-,15-,16+/m1/s1. The van der Waals surface area contributed by atoms with Gasteiger partial charge < -0.3 is 14.2 Å². The van der Waals surface area contributed by atoms with Crippen molar-refractivity contribution in [1.82, 2.24) is 0 Å². The molecule has 0 bridgehead atoms.